The molecule has 2 aromatic carbocycles. The Bertz CT molecular complexity index is 1530. The van der Waals surface area contributed by atoms with Crippen molar-refractivity contribution in [2.75, 3.05) is 13.7 Å². The smallest absolute Gasteiger partial charge is 0.307 e. The minimum atomic E-state index is -0.518. The number of nitrogens with one attached hydrogen (secondary N) is 1. The molecule has 1 amide bonds. The Kier molecular flexibility index (Phi) is 9.11. The number of nitriles is 1. The van der Waals surface area contributed by atoms with Gasteiger partial charge in [-0.15, -0.1) is 0 Å². The molecule has 2 aromatic heterocycles. The van der Waals surface area contributed by atoms with E-state index in [2.05, 4.69) is 72.9 Å². The van der Waals surface area contributed by atoms with E-state index >= 15 is 0 Å². The second kappa shape index (κ2) is 12.7. The SMILES string of the molecule is COc1cc(/C=N/NC(=O)c2ccc(COc3ccc(-n4c(C)ccc4C)cc3)o2)c(Br)c(Br)c1OCC#N. The van der Waals surface area contributed by atoms with Gasteiger partial charge in [-0.05, 0) is 100 Å². The third-order valence-electron chi connectivity index (χ3n) is 5.66. The van der Waals surface area contributed by atoms with Crippen molar-refractivity contribution >= 4 is 44.0 Å². The molecule has 0 fully saturated rings. The Morgan fingerprint density at radius 3 is 2.46 bits per heavy atom. The first-order valence-electron chi connectivity index (χ1n) is 11.7. The largest absolute Gasteiger partial charge is 0.493 e. The number of amides is 1. The molecule has 11 heteroatoms. The van der Waals surface area contributed by atoms with Gasteiger partial charge in [0, 0.05) is 27.1 Å². The Labute approximate surface area is 242 Å². The normalized spacial score (nSPS) is 10.9. The van der Waals surface area contributed by atoms with Crippen molar-refractivity contribution in [1.82, 2.24) is 9.99 Å². The third-order valence-corrected chi connectivity index (χ3v) is 7.80. The first-order chi connectivity index (χ1) is 18.8. The number of carbonyl (C=O) groups excluding carboxylic acids is 1. The maximum atomic E-state index is 12.5. The van der Waals surface area contributed by atoms with Gasteiger partial charge in [-0.25, -0.2) is 5.43 Å². The minimum absolute atomic E-state index is 0.0951. The average molecular weight is 656 g/mol. The fraction of sp³-hybridized carbons (Fsp3) is 0.179. The topological polar surface area (TPSA) is 111 Å². The van der Waals surface area contributed by atoms with Crippen LogP contribution < -0.4 is 19.6 Å². The summed E-state index contributed by atoms with van der Waals surface area (Å²) in [5.74, 6) is 1.53. The van der Waals surface area contributed by atoms with Crippen LogP contribution in [-0.4, -0.2) is 30.4 Å². The van der Waals surface area contributed by atoms with Crippen LogP contribution in [0.15, 0.2) is 73.1 Å². The Balaban J connectivity index is 1.35. The molecule has 0 spiro atoms. The van der Waals surface area contributed by atoms with Crippen molar-refractivity contribution in [2.45, 2.75) is 20.5 Å². The summed E-state index contributed by atoms with van der Waals surface area (Å²) in [6.45, 7) is 4.16. The maximum absolute atomic E-state index is 12.5. The van der Waals surface area contributed by atoms with Crippen molar-refractivity contribution in [1.29, 1.82) is 5.26 Å². The predicted molar refractivity (Wildman–Crippen MR) is 153 cm³/mol. The molecule has 0 atom stereocenters. The molecule has 39 heavy (non-hydrogen) atoms. The van der Waals surface area contributed by atoms with Gasteiger partial charge >= 0.3 is 5.91 Å². The van der Waals surface area contributed by atoms with Gasteiger partial charge in [0.1, 0.15) is 24.2 Å². The minimum Gasteiger partial charge on any atom is -0.493 e. The number of ether oxygens (including phenoxy) is 3. The van der Waals surface area contributed by atoms with E-state index in [1.807, 2.05) is 30.3 Å². The first-order valence-corrected chi connectivity index (χ1v) is 13.3. The number of furan rings is 1. The van der Waals surface area contributed by atoms with Crippen LogP contribution in [0.25, 0.3) is 5.69 Å². The number of rotatable bonds is 10. The molecule has 200 valence electrons. The predicted octanol–water partition coefficient (Wildman–Crippen LogP) is 6.47. The number of benzene rings is 2. The lowest BCUT2D eigenvalue weighted by molar-refractivity contribution is 0.0923. The number of carbonyl (C=O) groups is 1. The number of halogens is 2. The van der Waals surface area contributed by atoms with Gasteiger partial charge in [0.15, 0.2) is 23.9 Å². The first kappa shape index (κ1) is 28.0. The fourth-order valence-electron chi connectivity index (χ4n) is 3.80. The zero-order valence-corrected chi connectivity index (χ0v) is 24.5. The summed E-state index contributed by atoms with van der Waals surface area (Å²) in [7, 11) is 1.48. The highest BCUT2D eigenvalue weighted by atomic mass is 79.9. The summed E-state index contributed by atoms with van der Waals surface area (Å²) in [5.41, 5.74) is 6.41. The molecule has 0 aliphatic rings. The van der Waals surface area contributed by atoms with Crippen LogP contribution in [0.5, 0.6) is 17.2 Å². The Morgan fingerprint density at radius 2 is 1.79 bits per heavy atom. The number of hydrazone groups is 1. The van der Waals surface area contributed by atoms with Gasteiger partial charge in [-0.3, -0.25) is 4.79 Å². The van der Waals surface area contributed by atoms with Gasteiger partial charge < -0.3 is 23.2 Å². The van der Waals surface area contributed by atoms with Crippen LogP contribution in [0.4, 0.5) is 0 Å². The van der Waals surface area contributed by atoms with Gasteiger partial charge in [0.05, 0.1) is 17.8 Å². The highest BCUT2D eigenvalue weighted by Crippen LogP contribution is 2.42. The molecule has 0 bridgehead atoms. The second-order valence-electron chi connectivity index (χ2n) is 8.27. The second-order valence-corrected chi connectivity index (χ2v) is 9.86. The Hall–Kier alpha value is -4.01. The molecular weight excluding hydrogens is 632 g/mol. The molecule has 0 saturated carbocycles. The van der Waals surface area contributed by atoms with Crippen LogP contribution >= 0.6 is 31.9 Å². The van der Waals surface area contributed by atoms with Crippen molar-refractivity contribution in [2.24, 2.45) is 5.10 Å². The quantitative estimate of drug-likeness (QED) is 0.155. The number of nitrogens with zero attached hydrogens (tertiary/aromatic N) is 3. The lowest BCUT2D eigenvalue weighted by atomic mass is 10.2. The fourth-order valence-corrected chi connectivity index (χ4v) is 4.74. The van der Waals surface area contributed by atoms with Crippen molar-refractivity contribution in [3.8, 4) is 29.0 Å². The van der Waals surface area contributed by atoms with Crippen LogP contribution in [-0.2, 0) is 6.61 Å². The molecule has 0 radical (unpaired) electrons. The highest BCUT2D eigenvalue weighted by Gasteiger charge is 2.17. The summed E-state index contributed by atoms with van der Waals surface area (Å²) in [5, 5.41) is 12.8. The number of hydrogen-bond donors (Lipinski definition) is 1. The molecule has 2 heterocycles. The van der Waals surface area contributed by atoms with E-state index < -0.39 is 5.91 Å². The molecule has 0 saturated heterocycles. The number of aryl methyl sites for hydroxylation is 2. The van der Waals surface area contributed by atoms with Gasteiger partial charge in [-0.1, -0.05) is 0 Å². The molecule has 0 aliphatic heterocycles. The van der Waals surface area contributed by atoms with Crippen molar-refractivity contribution in [3.63, 3.8) is 0 Å². The van der Waals surface area contributed by atoms with Gasteiger partial charge in [0.25, 0.3) is 0 Å². The van der Waals surface area contributed by atoms with Crippen LogP contribution in [0.2, 0.25) is 0 Å². The summed E-state index contributed by atoms with van der Waals surface area (Å²) in [6.07, 6.45) is 1.44. The van der Waals surface area contributed by atoms with Crippen molar-refractivity contribution in [3.05, 3.63) is 92.0 Å². The number of hydrogen-bond acceptors (Lipinski definition) is 7. The van der Waals surface area contributed by atoms with Gasteiger partial charge in [0.2, 0.25) is 0 Å². The lowest BCUT2D eigenvalue weighted by Crippen LogP contribution is -2.16. The van der Waals surface area contributed by atoms with Crippen molar-refractivity contribution < 1.29 is 23.4 Å². The summed E-state index contributed by atoms with van der Waals surface area (Å²) >= 11 is 6.88. The molecule has 0 unspecified atom stereocenters. The molecule has 0 aliphatic carbocycles. The zero-order valence-electron chi connectivity index (χ0n) is 21.3. The van der Waals surface area contributed by atoms with E-state index in [1.165, 1.54) is 13.3 Å². The molecule has 1 N–H and O–H groups in total. The van der Waals surface area contributed by atoms with Gasteiger partial charge in [-0.2, -0.15) is 10.4 Å². The monoisotopic (exact) mass is 654 g/mol. The molecular formula is C28H24Br2N4O5. The summed E-state index contributed by atoms with van der Waals surface area (Å²) in [6, 6.07) is 18.7. The van der Waals surface area contributed by atoms with E-state index in [9.17, 15) is 4.79 Å². The maximum Gasteiger partial charge on any atom is 0.307 e. The van der Waals surface area contributed by atoms with E-state index in [4.69, 9.17) is 23.9 Å². The lowest BCUT2D eigenvalue weighted by Gasteiger charge is -2.13. The van der Waals surface area contributed by atoms with E-state index in [0.29, 0.717) is 37.5 Å². The van der Waals surface area contributed by atoms with E-state index in [0.717, 1.165) is 17.1 Å². The number of methoxy groups -OCH3 is 1. The standard InChI is InChI=1S/C28H24Br2N4O5/c1-17-4-5-18(2)34(17)20-6-8-21(9-7-20)38-16-22-10-11-23(39-22)28(35)33-32-15-19-14-24(36-3)27(37-13-12-31)26(30)25(19)29/h4-11,14-15H,13,16H2,1-3H3,(H,33,35)/b32-15+. The van der Waals surface area contributed by atoms with Crippen LogP contribution in [0.1, 0.15) is 33.3 Å². The highest BCUT2D eigenvalue weighted by molar-refractivity contribution is 9.13. The zero-order chi connectivity index (χ0) is 27.9. The summed E-state index contributed by atoms with van der Waals surface area (Å²) < 4.78 is 25.5. The third kappa shape index (κ3) is 6.53. The summed E-state index contributed by atoms with van der Waals surface area (Å²) in [4.78, 5) is 12.5. The Morgan fingerprint density at radius 1 is 1.08 bits per heavy atom. The molecule has 4 rings (SSSR count). The molecule has 4 aromatic rings. The van der Waals surface area contributed by atoms with E-state index in [1.54, 1.807) is 18.2 Å². The molecule has 9 nitrogen and oxygen atoms in total. The van der Waals surface area contributed by atoms with E-state index in [-0.39, 0.29) is 19.0 Å². The average Bonchev–Trinajstić information content (AvgIpc) is 3.55. The van der Waals surface area contributed by atoms with Crippen LogP contribution in [0.3, 0.4) is 0 Å². The van der Waals surface area contributed by atoms with Crippen LogP contribution in [0, 0.1) is 25.2 Å². The number of aromatic nitrogens is 1.